The summed E-state index contributed by atoms with van der Waals surface area (Å²) in [5.74, 6) is -2.68. The zero-order valence-electron chi connectivity index (χ0n) is 11.5. The first-order valence-electron chi connectivity index (χ1n) is 6.73. The maximum atomic E-state index is 13.9. The van der Waals surface area contributed by atoms with E-state index >= 15 is 0 Å². The van der Waals surface area contributed by atoms with Crippen molar-refractivity contribution in [1.82, 2.24) is 10.2 Å². The van der Waals surface area contributed by atoms with Crippen LogP contribution >= 0.6 is 12.4 Å². The van der Waals surface area contributed by atoms with Crippen LogP contribution in [0.2, 0.25) is 0 Å². The van der Waals surface area contributed by atoms with Crippen molar-refractivity contribution >= 4 is 12.4 Å². The Morgan fingerprint density at radius 2 is 1.75 bits per heavy atom. The topological polar surface area (TPSA) is 15.3 Å². The highest BCUT2D eigenvalue weighted by Gasteiger charge is 2.28. The molecule has 1 aliphatic heterocycles. The Balaban J connectivity index is 0.00000200. The number of halogens is 4. The van der Waals surface area contributed by atoms with E-state index in [0.29, 0.717) is 6.42 Å². The van der Waals surface area contributed by atoms with Crippen LogP contribution in [0.1, 0.15) is 31.4 Å². The summed E-state index contributed by atoms with van der Waals surface area (Å²) >= 11 is 0. The molecule has 1 N–H and O–H groups in total. The predicted molar refractivity (Wildman–Crippen MR) is 75.7 cm³/mol. The average Bonchev–Trinajstić information content (AvgIpc) is 2.43. The second kappa shape index (κ2) is 7.86. The van der Waals surface area contributed by atoms with Gasteiger partial charge in [0, 0.05) is 37.8 Å². The highest BCUT2D eigenvalue weighted by Crippen LogP contribution is 2.31. The van der Waals surface area contributed by atoms with E-state index in [-0.39, 0.29) is 24.0 Å². The second-order valence-electron chi connectivity index (χ2n) is 4.85. The summed E-state index contributed by atoms with van der Waals surface area (Å²) in [5.41, 5.74) is -0.122. The van der Waals surface area contributed by atoms with Gasteiger partial charge >= 0.3 is 0 Å². The monoisotopic (exact) mass is 308 g/mol. The summed E-state index contributed by atoms with van der Waals surface area (Å²) in [6.07, 6.45) is 1.42. The van der Waals surface area contributed by atoms with Crippen LogP contribution in [-0.4, -0.2) is 31.1 Å². The third-order valence-electron chi connectivity index (χ3n) is 3.57. The van der Waals surface area contributed by atoms with Gasteiger partial charge in [0.15, 0.2) is 11.6 Å². The molecule has 0 saturated carbocycles. The molecule has 2 rings (SSSR count). The Kier molecular flexibility index (Phi) is 6.79. The van der Waals surface area contributed by atoms with Gasteiger partial charge in [-0.25, -0.2) is 13.2 Å². The third kappa shape index (κ3) is 3.65. The number of nitrogens with one attached hydrogen (secondary N) is 1. The van der Waals surface area contributed by atoms with Crippen LogP contribution in [0.25, 0.3) is 0 Å². The molecule has 0 bridgehead atoms. The lowest BCUT2D eigenvalue weighted by Gasteiger charge is -2.35. The smallest absolute Gasteiger partial charge is 0.166 e. The lowest BCUT2D eigenvalue weighted by molar-refractivity contribution is 0.157. The van der Waals surface area contributed by atoms with Crippen LogP contribution in [0, 0.1) is 17.5 Å². The highest BCUT2D eigenvalue weighted by molar-refractivity contribution is 5.85. The zero-order chi connectivity index (χ0) is 13.8. The Bertz CT molecular complexity index is 437. The first-order chi connectivity index (χ1) is 9.15. The van der Waals surface area contributed by atoms with E-state index in [2.05, 4.69) is 5.32 Å². The SMILES string of the molecule is CCC[C@@H](c1c(F)ccc(F)c1F)N1CCNCC1.Cl. The molecule has 1 aliphatic rings. The summed E-state index contributed by atoms with van der Waals surface area (Å²) in [6.45, 7) is 4.99. The standard InChI is InChI=1S/C14H19F3N2.ClH/c1-2-3-12(19-8-6-18-7-9-19)13-10(15)4-5-11(16)14(13)17;/h4-5,12,18H,2-3,6-9H2,1H3;1H/t12-;/m0./s1. The Labute approximate surface area is 123 Å². The molecule has 1 atom stereocenters. The molecule has 0 unspecified atom stereocenters. The van der Waals surface area contributed by atoms with Crippen molar-refractivity contribution in [1.29, 1.82) is 0 Å². The first-order valence-corrected chi connectivity index (χ1v) is 6.73. The molecule has 20 heavy (non-hydrogen) atoms. The summed E-state index contributed by atoms with van der Waals surface area (Å²) in [6, 6.07) is 1.47. The number of nitrogens with zero attached hydrogens (tertiary/aromatic N) is 1. The predicted octanol–water partition coefficient (Wildman–Crippen LogP) is 3.27. The minimum absolute atomic E-state index is 0. The van der Waals surface area contributed by atoms with Gasteiger partial charge in [0.25, 0.3) is 0 Å². The number of hydrogen-bond donors (Lipinski definition) is 1. The van der Waals surface area contributed by atoms with E-state index in [9.17, 15) is 13.2 Å². The largest absolute Gasteiger partial charge is 0.314 e. The van der Waals surface area contributed by atoms with Crippen LogP contribution in [0.3, 0.4) is 0 Å². The van der Waals surface area contributed by atoms with Crippen molar-refractivity contribution in [2.75, 3.05) is 26.2 Å². The normalized spacial score (nSPS) is 17.6. The molecule has 114 valence electrons. The molecule has 6 heteroatoms. The van der Waals surface area contributed by atoms with Gasteiger partial charge < -0.3 is 5.32 Å². The zero-order valence-corrected chi connectivity index (χ0v) is 12.3. The van der Waals surface area contributed by atoms with E-state index in [0.717, 1.165) is 44.7 Å². The average molecular weight is 309 g/mol. The summed E-state index contributed by atoms with van der Waals surface area (Å²) in [5, 5.41) is 3.20. The van der Waals surface area contributed by atoms with Gasteiger partial charge in [0.1, 0.15) is 5.82 Å². The molecule has 0 aliphatic carbocycles. The molecule has 1 saturated heterocycles. The lowest BCUT2D eigenvalue weighted by atomic mass is 9.98. The van der Waals surface area contributed by atoms with Crippen molar-refractivity contribution < 1.29 is 13.2 Å². The summed E-state index contributed by atoms with van der Waals surface area (Å²) in [4.78, 5) is 2.03. The number of piperazine rings is 1. The van der Waals surface area contributed by atoms with Gasteiger partial charge in [-0.3, -0.25) is 4.90 Å². The minimum atomic E-state index is -1.04. The molecule has 0 spiro atoms. The molecule has 1 fully saturated rings. The maximum Gasteiger partial charge on any atom is 0.166 e. The fourth-order valence-electron chi connectivity index (χ4n) is 2.62. The van der Waals surface area contributed by atoms with Crippen LogP contribution in [0.5, 0.6) is 0 Å². The Morgan fingerprint density at radius 3 is 2.35 bits per heavy atom. The molecule has 0 amide bonds. The van der Waals surface area contributed by atoms with Gasteiger partial charge in [-0.1, -0.05) is 13.3 Å². The first kappa shape index (κ1) is 17.3. The van der Waals surface area contributed by atoms with Gasteiger partial charge in [-0.05, 0) is 18.6 Å². The maximum absolute atomic E-state index is 13.9. The second-order valence-corrected chi connectivity index (χ2v) is 4.85. The number of hydrogen-bond acceptors (Lipinski definition) is 2. The molecule has 1 heterocycles. The molecule has 0 aromatic heterocycles. The molecular formula is C14H20ClF3N2. The fourth-order valence-corrected chi connectivity index (χ4v) is 2.62. The fraction of sp³-hybridized carbons (Fsp3) is 0.571. The third-order valence-corrected chi connectivity index (χ3v) is 3.57. The lowest BCUT2D eigenvalue weighted by Crippen LogP contribution is -2.45. The van der Waals surface area contributed by atoms with Crippen molar-refractivity contribution in [3.8, 4) is 0 Å². The van der Waals surface area contributed by atoms with Crippen LogP contribution in [-0.2, 0) is 0 Å². The Hall–Kier alpha value is -0.780. The summed E-state index contributed by atoms with van der Waals surface area (Å²) < 4.78 is 41.2. The Morgan fingerprint density at radius 1 is 1.15 bits per heavy atom. The van der Waals surface area contributed by atoms with Crippen LogP contribution in [0.4, 0.5) is 13.2 Å². The molecule has 2 nitrogen and oxygen atoms in total. The van der Waals surface area contributed by atoms with Gasteiger partial charge in [-0.15, -0.1) is 12.4 Å². The van der Waals surface area contributed by atoms with Crippen LogP contribution in [0.15, 0.2) is 12.1 Å². The molecule has 1 aromatic carbocycles. The van der Waals surface area contributed by atoms with Crippen molar-refractivity contribution in [3.63, 3.8) is 0 Å². The van der Waals surface area contributed by atoms with Gasteiger partial charge in [0.05, 0.1) is 0 Å². The van der Waals surface area contributed by atoms with Crippen molar-refractivity contribution in [2.45, 2.75) is 25.8 Å². The highest BCUT2D eigenvalue weighted by atomic mass is 35.5. The van der Waals surface area contributed by atoms with Crippen LogP contribution < -0.4 is 5.32 Å². The molecule has 1 aromatic rings. The van der Waals surface area contributed by atoms with E-state index in [1.807, 2.05) is 11.8 Å². The molecule has 0 radical (unpaired) electrons. The van der Waals surface area contributed by atoms with E-state index in [1.165, 1.54) is 0 Å². The van der Waals surface area contributed by atoms with E-state index < -0.39 is 17.5 Å². The quantitative estimate of drug-likeness (QED) is 0.859. The van der Waals surface area contributed by atoms with E-state index in [1.54, 1.807) is 0 Å². The van der Waals surface area contributed by atoms with Gasteiger partial charge in [-0.2, -0.15) is 0 Å². The summed E-state index contributed by atoms with van der Waals surface area (Å²) in [7, 11) is 0. The minimum Gasteiger partial charge on any atom is -0.314 e. The number of rotatable bonds is 4. The van der Waals surface area contributed by atoms with Gasteiger partial charge in [0.2, 0.25) is 0 Å². The number of benzene rings is 1. The molecular weight excluding hydrogens is 289 g/mol. The van der Waals surface area contributed by atoms with E-state index in [4.69, 9.17) is 0 Å². The van der Waals surface area contributed by atoms with Crippen molar-refractivity contribution in [3.05, 3.63) is 35.1 Å². The van der Waals surface area contributed by atoms with Crippen molar-refractivity contribution in [2.24, 2.45) is 0 Å².